The van der Waals surface area contributed by atoms with Crippen LogP contribution in [-0.4, -0.2) is 289 Å². The Morgan fingerprint density at radius 1 is 0.408 bits per heavy atom. The molecule has 0 saturated carbocycles. The minimum atomic E-state index is -2.29. The predicted molar refractivity (Wildman–Crippen MR) is 472 cm³/mol. The molecular weight excluding hydrogens is 1680 g/mol. The summed E-state index contributed by atoms with van der Waals surface area (Å²) >= 11 is 3.36. The molecular formula is C94H131BBrF8N12O9. The van der Waals surface area contributed by atoms with Crippen LogP contribution >= 0.6 is 15.9 Å². The zero-order chi connectivity index (χ0) is 89.4. The van der Waals surface area contributed by atoms with Crippen molar-refractivity contribution in [3.63, 3.8) is 0 Å². The van der Waals surface area contributed by atoms with Crippen LogP contribution in [0.4, 0.5) is 44.7 Å². The number of nitrogens with one attached hydrogen (secondary N) is 3. The quantitative estimate of drug-likeness (QED) is 0.0479. The van der Waals surface area contributed by atoms with E-state index in [1.165, 1.54) is 36.5 Å². The number of likely N-dealkylation sites (tertiary alicyclic amines) is 9. The molecule has 13 saturated heterocycles. The Morgan fingerprint density at radius 2 is 0.744 bits per heavy atom. The van der Waals surface area contributed by atoms with Crippen molar-refractivity contribution < 1.29 is 78.1 Å². The van der Waals surface area contributed by atoms with Gasteiger partial charge in [0.1, 0.15) is 11.2 Å². The third-order valence-electron chi connectivity index (χ3n) is 24.2. The van der Waals surface area contributed by atoms with Crippen LogP contribution in [0.1, 0.15) is 134 Å². The van der Waals surface area contributed by atoms with Gasteiger partial charge in [0, 0.05) is 236 Å². The number of rotatable bonds is 16. The fourth-order valence-corrected chi connectivity index (χ4v) is 18.8. The van der Waals surface area contributed by atoms with Gasteiger partial charge in [-0.3, -0.25) is 38.8 Å². The van der Waals surface area contributed by atoms with Crippen LogP contribution in [0.15, 0.2) is 152 Å². The highest BCUT2D eigenvalue weighted by atomic mass is 79.9. The first kappa shape index (κ1) is 101. The average Bonchev–Trinajstić information content (AvgIpc) is 1.71. The minimum Gasteiger partial charge on any atom is -0.444 e. The SMILES string of the molecule is BrCc1ccccc1.C1CCOC1.CC(C)(C)OC(=O)N1CC2(CC(=O)N(Cc3ccccc3)C2)C1.CC(C)(C)OC(=O)N1CC2(CNC(=O)C2)C1.CCC(F)F.FC(F)CN1CC2(CCN(Cc3ccccc3)C2)C1.FC(F)CN1CC2(CCNC2)C1.O=C1CC2(CN(CC(F)F)C2)CN1Cc1ccccc1.O=C1CC2(CNC2)CN1Cc1ccccc1.[B]. The maximum Gasteiger partial charge on any atom is 0.410 e. The molecule has 18 rings (SSSR count). The van der Waals surface area contributed by atoms with Crippen molar-refractivity contribution in [3.05, 3.63) is 179 Å². The van der Waals surface area contributed by atoms with E-state index in [-0.39, 0.29) is 86.0 Å². The van der Waals surface area contributed by atoms with Crippen LogP contribution in [0.5, 0.6) is 0 Å². The highest BCUT2D eigenvalue weighted by molar-refractivity contribution is 9.08. The van der Waals surface area contributed by atoms with Crippen molar-refractivity contribution in [2.45, 2.75) is 175 Å². The summed E-state index contributed by atoms with van der Waals surface area (Å²) in [7, 11) is 0. The van der Waals surface area contributed by atoms with E-state index in [0.717, 1.165) is 141 Å². The molecule has 6 amide bonds. The van der Waals surface area contributed by atoms with Crippen molar-refractivity contribution in [2.24, 2.45) is 32.5 Å². The van der Waals surface area contributed by atoms with Gasteiger partial charge in [-0.25, -0.2) is 44.7 Å². The molecule has 0 aromatic heterocycles. The number of amides is 6. The van der Waals surface area contributed by atoms with E-state index < -0.39 is 36.9 Å². The molecule has 0 atom stereocenters. The Morgan fingerprint density at radius 3 is 1.05 bits per heavy atom. The zero-order valence-corrected chi connectivity index (χ0v) is 75.6. The highest BCUT2D eigenvalue weighted by Gasteiger charge is 2.56. The van der Waals surface area contributed by atoms with Crippen molar-refractivity contribution in [2.75, 3.05) is 164 Å². The van der Waals surface area contributed by atoms with Crippen molar-refractivity contribution in [1.29, 1.82) is 0 Å². The summed E-state index contributed by atoms with van der Waals surface area (Å²) in [5.74, 6) is 0.720. The minimum absolute atomic E-state index is 0. The first-order valence-corrected chi connectivity index (χ1v) is 44.9. The summed E-state index contributed by atoms with van der Waals surface area (Å²) in [6.07, 6.45) is -2.20. The largest absolute Gasteiger partial charge is 0.444 e. The lowest BCUT2D eigenvalue weighted by Crippen LogP contribution is -2.60. The van der Waals surface area contributed by atoms with Crippen LogP contribution in [0.3, 0.4) is 0 Å². The Labute approximate surface area is 744 Å². The average molecular weight is 1820 g/mol. The lowest BCUT2D eigenvalue weighted by molar-refractivity contribution is -0.129. The molecule has 13 heterocycles. The maximum atomic E-state index is 12.3. The first-order chi connectivity index (χ1) is 59.0. The standard InChI is InChI=1S/C18H24N2O3.C15H18F2N2O.C15H20F2N2.C13H16N2O.C11H18N2O3.C8H14F2N2.C7H7Br.C4H8O.C3H6F2.B/c1-17(2,3)23-16(22)20-12-18(13-20)9-15(21)19(11-18)10-14-7-5-4-6-8-14;16-13(17)8-18-9-15(10-18)6-14(20)19(11-15)7-12-4-2-1-3-5-12;16-14(17)9-19-11-15(12-19)6-7-18(10-15)8-13-4-2-1-3-5-13;16-12-6-13(8-14-9-13)10-15(12)7-11-4-2-1-3-5-11;1-10(2,3)16-9(15)13-6-11(7-13)4-8(14)12-5-11;9-7(10)3-12-5-8(6-12)1-2-11-4-8;8-6-7-4-2-1-3-5-7;1-2-4-5-3-1;1-2-3(4)5;/h4-8H,9-13H2,1-3H3;1-5,13H,6-11H2;1-5,14H,6-12H2;1-5,14H,6-10H2;4-7H2,1-3H3,(H,12,14);7,11H,1-6H2;1-5H,6H2;1-4H2;3H,2H2,1H3;. The second-order valence-corrected chi connectivity index (χ2v) is 38.8. The van der Waals surface area contributed by atoms with Gasteiger partial charge in [-0.05, 0) is 108 Å². The number of nitrogens with zero attached hydrogens (tertiary/aromatic N) is 9. The molecule has 0 aliphatic carbocycles. The van der Waals surface area contributed by atoms with Crippen molar-refractivity contribution in [1.82, 2.24) is 60.0 Å². The van der Waals surface area contributed by atoms with Gasteiger partial charge in [-0.15, -0.1) is 0 Å². The molecule has 5 aromatic carbocycles. The van der Waals surface area contributed by atoms with Crippen molar-refractivity contribution in [3.8, 4) is 0 Å². The van der Waals surface area contributed by atoms with E-state index in [4.69, 9.17) is 14.2 Å². The topological polar surface area (TPSA) is 195 Å². The molecule has 13 aliphatic rings. The molecule has 5 aromatic rings. The van der Waals surface area contributed by atoms with Crippen molar-refractivity contribution >= 4 is 60.2 Å². The number of alkyl halides is 9. The first-order valence-electron chi connectivity index (χ1n) is 43.8. The van der Waals surface area contributed by atoms with E-state index in [1.54, 1.807) is 14.7 Å². The number of ether oxygens (including phenoxy) is 3. The van der Waals surface area contributed by atoms with Crippen LogP contribution in [0, 0.1) is 32.5 Å². The normalized spacial score (nSPS) is 21.1. The molecule has 3 radical (unpaired) electrons. The third-order valence-corrected chi connectivity index (χ3v) is 24.9. The Hall–Kier alpha value is -7.78. The number of halogens is 9. The lowest BCUT2D eigenvalue weighted by atomic mass is 9.79. The second-order valence-electron chi connectivity index (χ2n) is 38.3. The Bertz CT molecular complexity index is 4100. The van der Waals surface area contributed by atoms with Gasteiger partial charge in [0.05, 0.1) is 19.6 Å². The summed E-state index contributed by atoms with van der Waals surface area (Å²) in [4.78, 5) is 88.1. The lowest BCUT2D eigenvalue weighted by Gasteiger charge is -2.48. The zero-order valence-electron chi connectivity index (χ0n) is 74.0. The predicted octanol–water partition coefficient (Wildman–Crippen LogP) is 14.1. The molecule has 3 N–H and O–H groups in total. The Balaban J connectivity index is 0.000000164. The van der Waals surface area contributed by atoms with Gasteiger partial charge in [0.2, 0.25) is 30.1 Å². The number of carbonyl (C=O) groups is 6. The fraction of sp³-hybridized carbons (Fsp3) is 0.617. The van der Waals surface area contributed by atoms with Gasteiger partial charge in [-0.2, -0.15) is 0 Å². The monoisotopic (exact) mass is 1810 g/mol. The van der Waals surface area contributed by atoms with E-state index in [2.05, 4.69) is 85.3 Å². The smallest absolute Gasteiger partial charge is 0.410 e. The van der Waals surface area contributed by atoms with E-state index >= 15 is 0 Å². The summed E-state index contributed by atoms with van der Waals surface area (Å²) < 4.78 is 110. The fourth-order valence-electron chi connectivity index (χ4n) is 18.4. The number of benzene rings is 5. The summed E-state index contributed by atoms with van der Waals surface area (Å²) in [6, 6.07) is 50.8. The molecule has 13 aliphatic heterocycles. The molecule has 6 spiro atoms. The number of hydrogen-bond acceptors (Lipinski definition) is 15. The molecule has 0 unspecified atom stereocenters. The van der Waals surface area contributed by atoms with Gasteiger partial charge in [0.15, 0.2) is 0 Å². The Kier molecular flexibility index (Phi) is 37.5. The van der Waals surface area contributed by atoms with Gasteiger partial charge in [-0.1, -0.05) is 175 Å². The number of hydrogen-bond donors (Lipinski definition) is 3. The van der Waals surface area contributed by atoms with Gasteiger partial charge >= 0.3 is 12.2 Å². The van der Waals surface area contributed by atoms with E-state index in [0.29, 0.717) is 101 Å². The molecule has 687 valence electrons. The van der Waals surface area contributed by atoms with Gasteiger partial charge in [0.25, 0.3) is 19.3 Å². The molecule has 0 bridgehead atoms. The van der Waals surface area contributed by atoms with Crippen LogP contribution < -0.4 is 16.0 Å². The van der Waals surface area contributed by atoms with E-state index in [1.807, 2.05) is 169 Å². The van der Waals surface area contributed by atoms with Crippen LogP contribution in [-0.2, 0) is 64.9 Å². The molecule has 31 heteroatoms. The number of carbonyl (C=O) groups excluding carboxylic acids is 6. The van der Waals surface area contributed by atoms with Crippen LogP contribution in [0.2, 0.25) is 0 Å². The van der Waals surface area contributed by atoms with Gasteiger partial charge < -0.3 is 54.7 Å². The molecule has 125 heavy (non-hydrogen) atoms. The second kappa shape index (κ2) is 46.5. The molecule has 21 nitrogen and oxygen atoms in total. The summed E-state index contributed by atoms with van der Waals surface area (Å²) in [6.45, 7) is 33.7. The van der Waals surface area contributed by atoms with E-state index in [9.17, 15) is 63.9 Å². The van der Waals surface area contributed by atoms with Crippen LogP contribution in [0.25, 0.3) is 0 Å². The highest BCUT2D eigenvalue weighted by Crippen LogP contribution is 2.45. The maximum absolute atomic E-state index is 12.3. The third kappa shape index (κ3) is 31.8. The molecule has 13 fully saturated rings. The summed E-state index contributed by atoms with van der Waals surface area (Å²) in [5.41, 5.74) is 5.93. The summed E-state index contributed by atoms with van der Waals surface area (Å²) in [5, 5.41) is 10.3.